The summed E-state index contributed by atoms with van der Waals surface area (Å²) in [6.45, 7) is 12.2. The van der Waals surface area contributed by atoms with Crippen molar-refractivity contribution < 1.29 is 9.90 Å². The van der Waals surface area contributed by atoms with Crippen LogP contribution in [-0.2, 0) is 4.79 Å². The first kappa shape index (κ1) is 20.7. The SMILES string of the molecule is C=C(C#N)CCCC.C=CC(=O)O.C=Cc1ccccc1. The minimum absolute atomic E-state index is 0.701. The molecule has 0 radical (unpaired) electrons. The number of nitriles is 1. The maximum Gasteiger partial charge on any atom is 0.327 e. The standard InChI is InChI=1S/C8H8.C7H11N.C3H4O2/c1-2-8-6-4-3-5-7-8;1-3-4-5-7(2)6-8;1-2-3(4)5/h2-7H,1H2;2-5H2,1H3;2H,1H2,(H,4,5). The largest absolute Gasteiger partial charge is 0.478 e. The average Bonchev–Trinajstić information content (AvgIpc) is 2.54. The molecule has 0 unspecified atom stereocenters. The summed E-state index contributed by atoms with van der Waals surface area (Å²) in [5.41, 5.74) is 1.87. The number of carboxylic acids is 1. The number of nitrogens with zero attached hydrogens (tertiary/aromatic N) is 1. The molecule has 0 saturated heterocycles. The fourth-order valence-electron chi connectivity index (χ4n) is 1.04. The molecular weight excluding hydrogens is 262 g/mol. The predicted octanol–water partition coefficient (Wildman–Crippen LogP) is 4.84. The lowest BCUT2D eigenvalue weighted by Gasteiger charge is -1.89. The van der Waals surface area contributed by atoms with Gasteiger partial charge in [0.15, 0.2) is 0 Å². The molecular formula is C18H23NO2. The van der Waals surface area contributed by atoms with Crippen LogP contribution in [-0.4, -0.2) is 11.1 Å². The van der Waals surface area contributed by atoms with E-state index in [2.05, 4.69) is 26.7 Å². The number of carboxylic acid groups (broad SMARTS) is 1. The van der Waals surface area contributed by atoms with Crippen molar-refractivity contribution in [3.05, 3.63) is 67.3 Å². The fourth-order valence-corrected chi connectivity index (χ4v) is 1.04. The Kier molecular flexibility index (Phi) is 15.2. The Hall–Kier alpha value is -2.60. The van der Waals surface area contributed by atoms with Gasteiger partial charge in [0.1, 0.15) is 0 Å². The highest BCUT2D eigenvalue weighted by Crippen LogP contribution is 2.01. The normalized spacial score (nSPS) is 7.81. The summed E-state index contributed by atoms with van der Waals surface area (Å²) in [6.07, 6.45) is 5.76. The topological polar surface area (TPSA) is 61.1 Å². The van der Waals surface area contributed by atoms with E-state index in [0.717, 1.165) is 25.3 Å². The Bertz CT molecular complexity index is 470. The highest BCUT2D eigenvalue weighted by molar-refractivity contribution is 5.78. The van der Waals surface area contributed by atoms with Gasteiger partial charge in [0.05, 0.1) is 6.07 Å². The first-order valence-corrected chi connectivity index (χ1v) is 6.62. The monoisotopic (exact) mass is 285 g/mol. The van der Waals surface area contributed by atoms with Crippen LogP contribution in [0.3, 0.4) is 0 Å². The molecule has 0 aromatic heterocycles. The van der Waals surface area contributed by atoms with E-state index >= 15 is 0 Å². The Morgan fingerprint density at radius 1 is 1.33 bits per heavy atom. The van der Waals surface area contributed by atoms with E-state index in [9.17, 15) is 4.79 Å². The molecule has 0 atom stereocenters. The van der Waals surface area contributed by atoms with Crippen LogP contribution in [0.2, 0.25) is 0 Å². The zero-order valence-electron chi connectivity index (χ0n) is 12.6. The average molecular weight is 285 g/mol. The molecule has 1 N–H and O–H groups in total. The lowest BCUT2D eigenvalue weighted by atomic mass is 10.1. The molecule has 21 heavy (non-hydrogen) atoms. The molecule has 0 aliphatic heterocycles. The molecule has 1 aromatic rings. The maximum absolute atomic E-state index is 9.25. The molecule has 1 aromatic carbocycles. The number of benzene rings is 1. The van der Waals surface area contributed by atoms with Crippen molar-refractivity contribution in [1.29, 1.82) is 5.26 Å². The van der Waals surface area contributed by atoms with Gasteiger partial charge >= 0.3 is 5.97 Å². The van der Waals surface area contributed by atoms with Gasteiger partial charge in [0, 0.05) is 11.6 Å². The van der Waals surface area contributed by atoms with Crippen LogP contribution < -0.4 is 0 Å². The smallest absolute Gasteiger partial charge is 0.327 e. The van der Waals surface area contributed by atoms with Crippen LogP contribution >= 0.6 is 0 Å². The molecule has 0 fully saturated rings. The molecule has 0 aliphatic rings. The van der Waals surface area contributed by atoms with Crippen molar-refractivity contribution in [2.45, 2.75) is 26.2 Å². The third-order valence-electron chi connectivity index (χ3n) is 2.20. The molecule has 0 bridgehead atoms. The Morgan fingerprint density at radius 3 is 2.14 bits per heavy atom. The second kappa shape index (κ2) is 15.5. The minimum Gasteiger partial charge on any atom is -0.478 e. The summed E-state index contributed by atoms with van der Waals surface area (Å²) < 4.78 is 0. The minimum atomic E-state index is -0.981. The van der Waals surface area contributed by atoms with E-state index in [4.69, 9.17) is 10.4 Å². The molecule has 3 nitrogen and oxygen atoms in total. The zero-order valence-corrected chi connectivity index (χ0v) is 12.6. The van der Waals surface area contributed by atoms with Crippen LogP contribution in [0, 0.1) is 11.3 Å². The first-order chi connectivity index (χ1) is 10.0. The molecule has 0 aliphatic carbocycles. The van der Waals surface area contributed by atoms with Gasteiger partial charge in [-0.25, -0.2) is 4.79 Å². The number of unbranched alkanes of at least 4 members (excludes halogenated alkanes) is 1. The van der Waals surface area contributed by atoms with Crippen LogP contribution in [0.1, 0.15) is 31.7 Å². The van der Waals surface area contributed by atoms with E-state index in [1.165, 1.54) is 5.56 Å². The quantitative estimate of drug-likeness (QED) is 0.621. The van der Waals surface area contributed by atoms with Crippen molar-refractivity contribution in [1.82, 2.24) is 0 Å². The third kappa shape index (κ3) is 17.4. The second-order valence-electron chi connectivity index (χ2n) is 3.98. The number of rotatable bonds is 5. The summed E-state index contributed by atoms with van der Waals surface area (Å²) >= 11 is 0. The number of hydrogen-bond donors (Lipinski definition) is 1. The van der Waals surface area contributed by atoms with E-state index in [1.54, 1.807) is 0 Å². The highest BCUT2D eigenvalue weighted by atomic mass is 16.4. The number of allylic oxidation sites excluding steroid dienone is 1. The summed E-state index contributed by atoms with van der Waals surface area (Å²) in [5, 5.41) is 15.8. The molecule has 112 valence electrons. The third-order valence-corrected chi connectivity index (χ3v) is 2.20. The summed E-state index contributed by atoms with van der Waals surface area (Å²) in [7, 11) is 0. The van der Waals surface area contributed by atoms with E-state index < -0.39 is 5.97 Å². The zero-order chi connectivity index (χ0) is 16.5. The van der Waals surface area contributed by atoms with Gasteiger partial charge in [-0.05, 0) is 18.4 Å². The lowest BCUT2D eigenvalue weighted by Crippen LogP contribution is -1.82. The number of carbonyl (C=O) groups is 1. The summed E-state index contributed by atoms with van der Waals surface area (Å²) in [4.78, 5) is 9.25. The summed E-state index contributed by atoms with van der Waals surface area (Å²) in [6, 6.07) is 12.0. The van der Waals surface area contributed by atoms with E-state index in [-0.39, 0.29) is 0 Å². The van der Waals surface area contributed by atoms with Crippen molar-refractivity contribution in [3.63, 3.8) is 0 Å². The molecule has 0 saturated carbocycles. The molecule has 0 amide bonds. The number of hydrogen-bond acceptors (Lipinski definition) is 2. The maximum atomic E-state index is 9.25. The second-order valence-corrected chi connectivity index (χ2v) is 3.98. The van der Waals surface area contributed by atoms with Crippen molar-refractivity contribution in [3.8, 4) is 6.07 Å². The van der Waals surface area contributed by atoms with Gasteiger partial charge in [-0.3, -0.25) is 0 Å². The fraction of sp³-hybridized carbons (Fsp3) is 0.222. The summed E-state index contributed by atoms with van der Waals surface area (Å²) in [5.74, 6) is -0.981. The van der Waals surface area contributed by atoms with Crippen molar-refractivity contribution in [2.75, 3.05) is 0 Å². The van der Waals surface area contributed by atoms with Gasteiger partial charge < -0.3 is 5.11 Å². The Labute approximate surface area is 127 Å². The molecule has 1 rings (SSSR count). The Balaban J connectivity index is 0. The molecule has 0 spiro atoms. The van der Waals surface area contributed by atoms with Crippen LogP contribution in [0.5, 0.6) is 0 Å². The molecule has 0 heterocycles. The van der Waals surface area contributed by atoms with Crippen molar-refractivity contribution >= 4 is 12.0 Å². The van der Waals surface area contributed by atoms with Gasteiger partial charge in [-0.15, -0.1) is 0 Å². The highest BCUT2D eigenvalue weighted by Gasteiger charge is 1.87. The van der Waals surface area contributed by atoms with Crippen LogP contribution in [0.25, 0.3) is 6.08 Å². The van der Waals surface area contributed by atoms with Gasteiger partial charge in [0.2, 0.25) is 0 Å². The van der Waals surface area contributed by atoms with Crippen molar-refractivity contribution in [2.24, 2.45) is 0 Å². The van der Waals surface area contributed by atoms with Crippen LogP contribution in [0.15, 0.2) is 61.7 Å². The van der Waals surface area contributed by atoms with E-state index in [1.807, 2.05) is 42.5 Å². The van der Waals surface area contributed by atoms with Crippen LogP contribution in [0.4, 0.5) is 0 Å². The number of aliphatic carboxylic acids is 1. The van der Waals surface area contributed by atoms with Gasteiger partial charge in [-0.1, -0.05) is 69.5 Å². The van der Waals surface area contributed by atoms with Gasteiger partial charge in [0.25, 0.3) is 0 Å². The lowest BCUT2D eigenvalue weighted by molar-refractivity contribution is -0.131. The first-order valence-electron chi connectivity index (χ1n) is 6.62. The Morgan fingerprint density at radius 2 is 1.86 bits per heavy atom. The van der Waals surface area contributed by atoms with E-state index in [0.29, 0.717) is 5.57 Å². The van der Waals surface area contributed by atoms with Gasteiger partial charge in [-0.2, -0.15) is 5.26 Å². The molecule has 3 heteroatoms. The predicted molar refractivity (Wildman–Crippen MR) is 88.6 cm³/mol.